The standard InChI is InChI=1S/C21H28F2N4O2S/c1-16-13-20(2,3)26(14-16)19-9-4-5-11-27(19)30(28,29)18-8-6-7-17(24-18)25-12-10-21(22,23)15-25/h4-9,11,16,19H,10,12-15H2,1-3H3. The van der Waals surface area contributed by atoms with Crippen molar-refractivity contribution < 1.29 is 17.2 Å². The van der Waals surface area contributed by atoms with Crippen LogP contribution in [0.15, 0.2) is 47.7 Å². The molecule has 30 heavy (non-hydrogen) atoms. The molecule has 0 spiro atoms. The number of sulfonamides is 1. The first kappa shape index (κ1) is 21.2. The van der Waals surface area contributed by atoms with Gasteiger partial charge < -0.3 is 4.90 Å². The molecule has 164 valence electrons. The maximum absolute atomic E-state index is 13.6. The lowest BCUT2D eigenvalue weighted by Gasteiger charge is -2.42. The highest BCUT2D eigenvalue weighted by atomic mass is 32.2. The third-order valence-corrected chi connectivity index (χ3v) is 7.73. The predicted octanol–water partition coefficient (Wildman–Crippen LogP) is 3.45. The van der Waals surface area contributed by atoms with E-state index < -0.39 is 28.7 Å². The van der Waals surface area contributed by atoms with Gasteiger partial charge in [0.1, 0.15) is 12.0 Å². The van der Waals surface area contributed by atoms with Gasteiger partial charge in [0.25, 0.3) is 15.9 Å². The predicted molar refractivity (Wildman–Crippen MR) is 112 cm³/mol. The summed E-state index contributed by atoms with van der Waals surface area (Å²) in [7, 11) is -3.97. The number of halogens is 2. The maximum Gasteiger partial charge on any atom is 0.283 e. The molecule has 4 heterocycles. The summed E-state index contributed by atoms with van der Waals surface area (Å²) in [6.45, 7) is 6.91. The number of allylic oxidation sites excluding steroid dienone is 2. The lowest BCUT2D eigenvalue weighted by Crippen LogP contribution is -2.53. The molecular formula is C21H28F2N4O2S. The molecule has 0 radical (unpaired) electrons. The molecule has 2 atom stereocenters. The summed E-state index contributed by atoms with van der Waals surface area (Å²) >= 11 is 0. The summed E-state index contributed by atoms with van der Waals surface area (Å²) in [5.41, 5.74) is -0.149. The fourth-order valence-corrected chi connectivity index (χ4v) is 6.16. The Morgan fingerprint density at radius 2 is 1.97 bits per heavy atom. The van der Waals surface area contributed by atoms with E-state index in [1.807, 2.05) is 12.2 Å². The normalized spacial score (nSPS) is 28.4. The van der Waals surface area contributed by atoms with E-state index in [1.165, 1.54) is 15.3 Å². The second-order valence-corrected chi connectivity index (χ2v) is 10.9. The molecule has 0 N–H and O–H groups in total. The van der Waals surface area contributed by atoms with Crippen LogP contribution >= 0.6 is 0 Å². The third-order valence-electron chi connectivity index (χ3n) is 6.09. The highest BCUT2D eigenvalue weighted by molar-refractivity contribution is 7.89. The SMILES string of the molecule is CC1CN(C2C=CC=CN2S(=O)(=O)c2cccc(N3CCC(F)(F)C3)n2)C(C)(C)C1. The van der Waals surface area contributed by atoms with Crippen LogP contribution in [0.2, 0.25) is 0 Å². The third kappa shape index (κ3) is 3.85. The number of likely N-dealkylation sites (tertiary alicyclic amines) is 1. The van der Waals surface area contributed by atoms with Crippen molar-refractivity contribution in [1.82, 2.24) is 14.2 Å². The van der Waals surface area contributed by atoms with Gasteiger partial charge in [0.2, 0.25) is 0 Å². The lowest BCUT2D eigenvalue weighted by molar-refractivity contribution is 0.0256. The van der Waals surface area contributed by atoms with Crippen LogP contribution in [0.1, 0.15) is 33.6 Å². The van der Waals surface area contributed by atoms with Gasteiger partial charge in [-0.25, -0.2) is 13.8 Å². The van der Waals surface area contributed by atoms with E-state index in [9.17, 15) is 17.2 Å². The van der Waals surface area contributed by atoms with Gasteiger partial charge in [-0.1, -0.05) is 19.1 Å². The molecule has 2 unspecified atom stereocenters. The number of pyridine rings is 1. The molecule has 2 fully saturated rings. The van der Waals surface area contributed by atoms with Gasteiger partial charge in [0.05, 0.1) is 6.54 Å². The van der Waals surface area contributed by atoms with Crippen LogP contribution < -0.4 is 4.90 Å². The molecule has 0 aromatic carbocycles. The summed E-state index contributed by atoms with van der Waals surface area (Å²) in [4.78, 5) is 7.90. The molecule has 9 heteroatoms. The molecule has 4 rings (SSSR count). The first-order valence-corrected chi connectivity index (χ1v) is 11.7. The molecule has 0 amide bonds. The van der Waals surface area contributed by atoms with Crippen molar-refractivity contribution in [2.24, 2.45) is 5.92 Å². The van der Waals surface area contributed by atoms with Crippen LogP contribution in [0.3, 0.4) is 0 Å². The smallest absolute Gasteiger partial charge is 0.283 e. The molecule has 2 saturated heterocycles. The monoisotopic (exact) mass is 438 g/mol. The number of hydrogen-bond donors (Lipinski definition) is 0. The van der Waals surface area contributed by atoms with Gasteiger partial charge in [-0.05, 0) is 50.5 Å². The van der Waals surface area contributed by atoms with Crippen molar-refractivity contribution in [3.8, 4) is 0 Å². The molecule has 1 aromatic rings. The molecule has 1 aromatic heterocycles. The summed E-state index contributed by atoms with van der Waals surface area (Å²) in [5, 5.41) is -0.134. The van der Waals surface area contributed by atoms with Crippen molar-refractivity contribution >= 4 is 15.8 Å². The molecule has 3 aliphatic rings. The minimum atomic E-state index is -3.97. The lowest BCUT2D eigenvalue weighted by atomic mass is 9.97. The number of aromatic nitrogens is 1. The van der Waals surface area contributed by atoms with Crippen LogP contribution in [-0.4, -0.2) is 59.9 Å². The second kappa shape index (κ2) is 7.30. The van der Waals surface area contributed by atoms with Gasteiger partial charge in [-0.15, -0.1) is 0 Å². The molecule has 0 saturated carbocycles. The first-order valence-electron chi connectivity index (χ1n) is 10.2. The van der Waals surface area contributed by atoms with E-state index in [-0.39, 0.29) is 29.3 Å². The zero-order chi connectivity index (χ0) is 21.7. The van der Waals surface area contributed by atoms with Crippen LogP contribution in [-0.2, 0) is 10.0 Å². The number of hydrogen-bond acceptors (Lipinski definition) is 5. The molecule has 6 nitrogen and oxygen atoms in total. The Bertz CT molecular complexity index is 977. The molecule has 3 aliphatic heterocycles. The average molecular weight is 439 g/mol. The topological polar surface area (TPSA) is 56.8 Å². The number of anilines is 1. The Balaban J connectivity index is 1.65. The zero-order valence-corrected chi connectivity index (χ0v) is 18.3. The Morgan fingerprint density at radius 1 is 1.20 bits per heavy atom. The fraction of sp³-hybridized carbons (Fsp3) is 0.571. The fourth-order valence-electron chi connectivity index (χ4n) is 4.78. The van der Waals surface area contributed by atoms with E-state index in [2.05, 4.69) is 30.7 Å². The number of alkyl halides is 2. The van der Waals surface area contributed by atoms with Gasteiger partial charge in [-0.3, -0.25) is 9.21 Å². The Labute approximate surface area is 176 Å². The van der Waals surface area contributed by atoms with Crippen molar-refractivity contribution in [3.05, 3.63) is 42.6 Å². The molecular weight excluding hydrogens is 410 g/mol. The maximum atomic E-state index is 13.6. The Hall–Kier alpha value is -2.00. The first-order chi connectivity index (χ1) is 14.0. The van der Waals surface area contributed by atoms with Crippen molar-refractivity contribution in [2.75, 3.05) is 24.5 Å². The molecule has 0 aliphatic carbocycles. The zero-order valence-electron chi connectivity index (χ0n) is 17.5. The van der Waals surface area contributed by atoms with Gasteiger partial charge in [-0.2, -0.15) is 8.42 Å². The minimum absolute atomic E-state index is 0.134. The van der Waals surface area contributed by atoms with Gasteiger partial charge in [0, 0.05) is 31.2 Å². The number of nitrogens with zero attached hydrogens (tertiary/aromatic N) is 4. The van der Waals surface area contributed by atoms with Crippen LogP contribution in [0.25, 0.3) is 0 Å². The van der Waals surface area contributed by atoms with Crippen molar-refractivity contribution in [1.29, 1.82) is 0 Å². The summed E-state index contributed by atoms with van der Waals surface area (Å²) in [6.07, 6.45) is 7.24. The highest BCUT2D eigenvalue weighted by Crippen LogP contribution is 2.37. The minimum Gasteiger partial charge on any atom is -0.350 e. The van der Waals surface area contributed by atoms with E-state index in [0.29, 0.717) is 5.92 Å². The summed E-state index contributed by atoms with van der Waals surface area (Å²) in [6, 6.07) is 4.56. The molecule has 0 bridgehead atoms. The van der Waals surface area contributed by atoms with E-state index in [4.69, 9.17) is 0 Å². The largest absolute Gasteiger partial charge is 0.350 e. The van der Waals surface area contributed by atoms with E-state index in [0.717, 1.165) is 13.0 Å². The van der Waals surface area contributed by atoms with Crippen molar-refractivity contribution in [3.63, 3.8) is 0 Å². The van der Waals surface area contributed by atoms with Gasteiger partial charge >= 0.3 is 0 Å². The highest BCUT2D eigenvalue weighted by Gasteiger charge is 2.44. The van der Waals surface area contributed by atoms with Crippen LogP contribution in [0.4, 0.5) is 14.6 Å². The summed E-state index contributed by atoms with van der Waals surface area (Å²) < 4.78 is 55.6. The number of rotatable bonds is 4. The van der Waals surface area contributed by atoms with Crippen LogP contribution in [0, 0.1) is 5.92 Å². The quantitative estimate of drug-likeness (QED) is 0.721. The second-order valence-electron chi connectivity index (χ2n) is 9.11. The van der Waals surface area contributed by atoms with E-state index in [1.54, 1.807) is 24.4 Å². The summed E-state index contributed by atoms with van der Waals surface area (Å²) in [5.74, 6) is -2.06. The Kier molecular flexibility index (Phi) is 5.17. The Morgan fingerprint density at radius 3 is 2.60 bits per heavy atom. The average Bonchev–Trinajstić information content (AvgIpc) is 3.19. The van der Waals surface area contributed by atoms with Crippen LogP contribution in [0.5, 0.6) is 0 Å². The van der Waals surface area contributed by atoms with E-state index >= 15 is 0 Å². The van der Waals surface area contributed by atoms with Gasteiger partial charge in [0.15, 0.2) is 5.03 Å². The van der Waals surface area contributed by atoms with Crippen molar-refractivity contribution in [2.45, 2.75) is 56.3 Å².